The monoisotopic (exact) mass is 289 g/mol. The third-order valence-electron chi connectivity index (χ3n) is 3.30. The van der Waals surface area contributed by atoms with Crippen molar-refractivity contribution < 1.29 is 9.59 Å². The van der Waals surface area contributed by atoms with Crippen LogP contribution < -0.4 is 4.90 Å². The van der Waals surface area contributed by atoms with Gasteiger partial charge in [0, 0.05) is 18.3 Å². The molecular formula is C14H12ClN3O2. The van der Waals surface area contributed by atoms with Crippen molar-refractivity contribution in [3.63, 3.8) is 0 Å². The number of carbonyl (C=O) groups is 2. The number of fused-ring (bicyclic) bond motifs is 1. The maximum absolute atomic E-state index is 12.1. The van der Waals surface area contributed by atoms with Crippen LogP contribution in [0.15, 0.2) is 30.6 Å². The van der Waals surface area contributed by atoms with Crippen LogP contribution in [-0.2, 0) is 17.9 Å². The van der Waals surface area contributed by atoms with Gasteiger partial charge in [0.15, 0.2) is 0 Å². The maximum Gasteiger partial charge on any atom is 0.299 e. The van der Waals surface area contributed by atoms with E-state index in [1.807, 2.05) is 13.1 Å². The van der Waals surface area contributed by atoms with Crippen molar-refractivity contribution >= 4 is 29.0 Å². The van der Waals surface area contributed by atoms with Crippen LogP contribution in [0.2, 0.25) is 5.02 Å². The number of aromatic nitrogens is 2. The number of carbonyl (C=O) groups excluding carboxylic acids is 2. The number of hydrogen-bond donors (Lipinski definition) is 0. The Morgan fingerprint density at radius 2 is 2.10 bits per heavy atom. The average molecular weight is 290 g/mol. The van der Waals surface area contributed by atoms with Gasteiger partial charge in [-0.1, -0.05) is 17.7 Å². The molecule has 0 saturated carbocycles. The lowest BCUT2D eigenvalue weighted by Gasteiger charge is -2.15. The zero-order valence-electron chi connectivity index (χ0n) is 10.8. The van der Waals surface area contributed by atoms with Crippen LogP contribution in [0.4, 0.5) is 5.69 Å². The highest BCUT2D eigenvalue weighted by Gasteiger charge is 2.37. The highest BCUT2D eigenvalue weighted by Crippen LogP contribution is 2.34. The van der Waals surface area contributed by atoms with E-state index in [-0.39, 0.29) is 0 Å². The Morgan fingerprint density at radius 1 is 1.30 bits per heavy atom. The number of ketones is 1. The van der Waals surface area contributed by atoms with Gasteiger partial charge in [-0.25, -0.2) is 0 Å². The van der Waals surface area contributed by atoms with Gasteiger partial charge in [0.2, 0.25) is 0 Å². The second kappa shape index (κ2) is 4.76. The van der Waals surface area contributed by atoms with Crippen LogP contribution in [0.1, 0.15) is 22.8 Å². The lowest BCUT2D eigenvalue weighted by molar-refractivity contribution is -0.114. The SMILES string of the molecule is CCn1cc(CN2C(=O)C(=O)c3c(Cl)cccc32)cn1. The van der Waals surface area contributed by atoms with Crippen molar-refractivity contribution in [2.24, 2.45) is 0 Å². The van der Waals surface area contributed by atoms with Crippen molar-refractivity contribution in [2.45, 2.75) is 20.0 Å². The number of hydrogen-bond acceptors (Lipinski definition) is 3. The lowest BCUT2D eigenvalue weighted by Crippen LogP contribution is -2.28. The lowest BCUT2D eigenvalue weighted by atomic mass is 10.1. The maximum atomic E-state index is 12.1. The van der Waals surface area contributed by atoms with E-state index in [1.54, 1.807) is 29.1 Å². The fourth-order valence-corrected chi connectivity index (χ4v) is 2.56. The summed E-state index contributed by atoms with van der Waals surface area (Å²) in [6.45, 7) is 3.06. The summed E-state index contributed by atoms with van der Waals surface area (Å²) in [7, 11) is 0. The van der Waals surface area contributed by atoms with E-state index in [4.69, 9.17) is 11.6 Å². The molecule has 6 heteroatoms. The van der Waals surface area contributed by atoms with E-state index >= 15 is 0 Å². The molecule has 5 nitrogen and oxygen atoms in total. The van der Waals surface area contributed by atoms with Gasteiger partial charge in [0.05, 0.1) is 29.0 Å². The number of rotatable bonds is 3. The number of amides is 1. The van der Waals surface area contributed by atoms with Gasteiger partial charge >= 0.3 is 0 Å². The van der Waals surface area contributed by atoms with Gasteiger partial charge in [0.1, 0.15) is 0 Å². The Kier molecular flexibility index (Phi) is 3.06. The van der Waals surface area contributed by atoms with Crippen LogP contribution in [0.5, 0.6) is 0 Å². The molecule has 0 radical (unpaired) electrons. The number of nitrogens with zero attached hydrogens (tertiary/aromatic N) is 3. The molecule has 0 saturated heterocycles. The highest BCUT2D eigenvalue weighted by molar-refractivity contribution is 6.55. The summed E-state index contributed by atoms with van der Waals surface area (Å²) in [6.07, 6.45) is 3.56. The number of Topliss-reactive ketones (excluding diaryl/α,β-unsaturated/α-hetero) is 1. The molecule has 0 bridgehead atoms. The van der Waals surface area contributed by atoms with Gasteiger partial charge < -0.3 is 4.90 Å². The fraction of sp³-hybridized carbons (Fsp3) is 0.214. The first-order chi connectivity index (χ1) is 9.61. The van der Waals surface area contributed by atoms with E-state index < -0.39 is 11.7 Å². The standard InChI is InChI=1S/C14H12ClN3O2/c1-2-17-7-9(6-16-17)8-18-11-5-3-4-10(15)12(11)13(19)14(18)20/h3-7H,2,8H2,1H3. The normalized spacial score (nSPS) is 14.0. The Morgan fingerprint density at radius 3 is 2.80 bits per heavy atom. The first-order valence-corrected chi connectivity index (χ1v) is 6.65. The van der Waals surface area contributed by atoms with Crippen LogP contribution in [-0.4, -0.2) is 21.5 Å². The molecule has 0 unspecified atom stereocenters. The molecule has 0 atom stereocenters. The van der Waals surface area contributed by atoms with E-state index in [9.17, 15) is 9.59 Å². The van der Waals surface area contributed by atoms with Crippen LogP contribution in [0.3, 0.4) is 0 Å². The van der Waals surface area contributed by atoms with Gasteiger partial charge in [0.25, 0.3) is 11.7 Å². The van der Waals surface area contributed by atoms with E-state index in [0.29, 0.717) is 22.8 Å². The van der Waals surface area contributed by atoms with Crippen LogP contribution >= 0.6 is 11.6 Å². The molecule has 2 heterocycles. The van der Waals surface area contributed by atoms with Crippen molar-refractivity contribution in [3.8, 4) is 0 Å². The third kappa shape index (κ3) is 1.91. The Hall–Kier alpha value is -2.14. The molecule has 0 spiro atoms. The second-order valence-electron chi connectivity index (χ2n) is 4.56. The third-order valence-corrected chi connectivity index (χ3v) is 3.62. The van der Waals surface area contributed by atoms with Crippen LogP contribution in [0.25, 0.3) is 0 Å². The Balaban J connectivity index is 1.97. The summed E-state index contributed by atoms with van der Waals surface area (Å²) in [6, 6.07) is 5.08. The minimum Gasteiger partial charge on any atom is -0.300 e. The highest BCUT2D eigenvalue weighted by atomic mass is 35.5. The molecule has 20 heavy (non-hydrogen) atoms. The van der Waals surface area contributed by atoms with Gasteiger partial charge in [-0.2, -0.15) is 5.10 Å². The van der Waals surface area contributed by atoms with Gasteiger partial charge in [-0.15, -0.1) is 0 Å². The molecule has 3 rings (SSSR count). The molecule has 0 aliphatic carbocycles. The number of anilines is 1. The van der Waals surface area contributed by atoms with Gasteiger partial charge in [-0.05, 0) is 19.1 Å². The smallest absolute Gasteiger partial charge is 0.299 e. The molecule has 1 aliphatic rings. The molecule has 1 amide bonds. The quantitative estimate of drug-likeness (QED) is 0.815. The summed E-state index contributed by atoms with van der Waals surface area (Å²) in [4.78, 5) is 25.5. The fourth-order valence-electron chi connectivity index (χ4n) is 2.30. The molecular weight excluding hydrogens is 278 g/mol. The van der Waals surface area contributed by atoms with E-state index in [1.165, 1.54) is 4.90 Å². The van der Waals surface area contributed by atoms with Crippen molar-refractivity contribution in [3.05, 3.63) is 46.7 Å². The van der Waals surface area contributed by atoms with Crippen molar-refractivity contribution in [1.82, 2.24) is 9.78 Å². The summed E-state index contributed by atoms with van der Waals surface area (Å²) in [5, 5.41) is 4.47. The topological polar surface area (TPSA) is 55.2 Å². The summed E-state index contributed by atoms with van der Waals surface area (Å²) >= 11 is 6.01. The number of aryl methyl sites for hydroxylation is 1. The minimum absolute atomic E-state index is 0.294. The molecule has 0 N–H and O–H groups in total. The zero-order chi connectivity index (χ0) is 14.3. The first-order valence-electron chi connectivity index (χ1n) is 6.28. The largest absolute Gasteiger partial charge is 0.300 e. The Bertz CT molecular complexity index is 708. The summed E-state index contributed by atoms with van der Waals surface area (Å²) < 4.78 is 1.77. The summed E-state index contributed by atoms with van der Waals surface area (Å²) in [5.74, 6) is -1.09. The summed E-state index contributed by atoms with van der Waals surface area (Å²) in [5.41, 5.74) is 1.74. The zero-order valence-corrected chi connectivity index (χ0v) is 11.6. The molecule has 1 aromatic heterocycles. The second-order valence-corrected chi connectivity index (χ2v) is 4.97. The minimum atomic E-state index is -0.548. The average Bonchev–Trinajstić information content (AvgIpc) is 2.99. The number of halogens is 1. The first kappa shape index (κ1) is 12.9. The van der Waals surface area contributed by atoms with E-state index in [0.717, 1.165) is 12.1 Å². The van der Waals surface area contributed by atoms with Crippen molar-refractivity contribution in [2.75, 3.05) is 4.90 Å². The number of benzene rings is 1. The molecule has 0 fully saturated rings. The predicted molar refractivity (Wildman–Crippen MR) is 74.9 cm³/mol. The van der Waals surface area contributed by atoms with E-state index in [2.05, 4.69) is 5.10 Å². The molecule has 2 aromatic rings. The van der Waals surface area contributed by atoms with Gasteiger partial charge in [-0.3, -0.25) is 14.3 Å². The van der Waals surface area contributed by atoms with Crippen LogP contribution in [0, 0.1) is 0 Å². The molecule has 1 aliphatic heterocycles. The Labute approximate surface area is 120 Å². The molecule has 102 valence electrons. The molecule has 1 aromatic carbocycles. The predicted octanol–water partition coefficient (Wildman–Crippen LogP) is 2.29. The van der Waals surface area contributed by atoms with Crippen molar-refractivity contribution in [1.29, 1.82) is 0 Å².